The van der Waals surface area contributed by atoms with Gasteiger partial charge in [0.05, 0.1) is 96.1 Å². The second-order valence-corrected chi connectivity index (χ2v) is 12.9. The fraction of sp³-hybridized carbons (Fsp3) is 0.558. The molecule has 0 fully saturated rings. The van der Waals surface area contributed by atoms with E-state index in [2.05, 4.69) is 24.4 Å². The lowest BCUT2D eigenvalue weighted by Crippen LogP contribution is -2.15. The summed E-state index contributed by atoms with van der Waals surface area (Å²) in [6, 6.07) is 19.5. The van der Waals surface area contributed by atoms with E-state index in [9.17, 15) is 18.0 Å². The summed E-state index contributed by atoms with van der Waals surface area (Å²) < 4.78 is 83.3. The van der Waals surface area contributed by atoms with Gasteiger partial charge in [-0.3, -0.25) is 0 Å². The van der Waals surface area contributed by atoms with Crippen molar-refractivity contribution >= 4 is 17.3 Å². The third-order valence-electron chi connectivity index (χ3n) is 8.43. The summed E-state index contributed by atoms with van der Waals surface area (Å²) in [5.41, 5.74) is 1.29. The minimum absolute atomic E-state index is 0.00335. The van der Waals surface area contributed by atoms with Crippen LogP contribution >= 0.6 is 0 Å². The van der Waals surface area contributed by atoms with Gasteiger partial charge in [0.2, 0.25) is 0 Å². The Hall–Kier alpha value is -3.72. The Morgan fingerprint density at radius 2 is 1.09 bits per heavy atom. The smallest absolute Gasteiger partial charge is 0.416 e. The van der Waals surface area contributed by atoms with E-state index >= 15 is 0 Å². The van der Waals surface area contributed by atoms with Crippen LogP contribution in [0.2, 0.25) is 0 Å². The first kappa shape index (κ1) is 46.7. The zero-order chi connectivity index (χ0) is 39.9. The molecule has 0 aliphatic heterocycles. The van der Waals surface area contributed by atoms with Crippen LogP contribution in [0.4, 0.5) is 24.5 Å². The monoisotopic (exact) mass is 791 g/mol. The fourth-order valence-corrected chi connectivity index (χ4v) is 5.43. The summed E-state index contributed by atoms with van der Waals surface area (Å²) in [5.74, 6) is 0.239. The summed E-state index contributed by atoms with van der Waals surface area (Å²) in [7, 11) is 0. The van der Waals surface area contributed by atoms with Gasteiger partial charge in [0, 0.05) is 5.69 Å². The molecule has 10 nitrogen and oxygen atoms in total. The Morgan fingerprint density at radius 1 is 0.571 bits per heavy atom. The number of carbonyl (C=O) groups is 1. The number of unbranched alkanes of at least 4 members (excludes halogenated alkanes) is 6. The zero-order valence-corrected chi connectivity index (χ0v) is 32.8. The molecule has 0 unspecified atom stereocenters. The zero-order valence-electron chi connectivity index (χ0n) is 32.8. The van der Waals surface area contributed by atoms with Crippen molar-refractivity contribution in [3.8, 4) is 5.75 Å². The molecule has 0 amide bonds. The number of aryl methyl sites for hydroxylation is 1. The molecule has 13 heteroatoms. The Balaban J connectivity index is 1.05. The SMILES string of the molecule is CCCCCCCCCc1ccc(OCCOCCOCCOCCOCCOCCOCCOC(=O)c2ccccc2Nc2cccc(C(F)(F)F)c2)cc1. The predicted octanol–water partition coefficient (Wildman–Crippen LogP) is 9.08. The van der Waals surface area contributed by atoms with Gasteiger partial charge in [-0.15, -0.1) is 0 Å². The van der Waals surface area contributed by atoms with Crippen LogP contribution < -0.4 is 10.1 Å². The lowest BCUT2D eigenvalue weighted by molar-refractivity contribution is -0.137. The highest BCUT2D eigenvalue weighted by Crippen LogP contribution is 2.32. The molecular weight excluding hydrogens is 731 g/mol. The van der Waals surface area contributed by atoms with E-state index in [1.807, 2.05) is 12.1 Å². The number of anilines is 2. The molecule has 0 aliphatic rings. The highest BCUT2D eigenvalue weighted by molar-refractivity contribution is 5.96. The standard InChI is InChI=1S/C43H60F3NO9/c1-2-3-4-5-6-7-8-12-36-17-19-39(20-18-36)55-33-31-53-29-27-51-25-23-49-21-22-50-24-26-52-28-30-54-32-34-56-42(48)40-15-9-10-16-41(40)47-38-14-11-13-37(35-38)43(44,45)46/h9-11,13-20,35,47H,2-8,12,21-34H2,1H3. The van der Waals surface area contributed by atoms with E-state index in [0.29, 0.717) is 85.0 Å². The van der Waals surface area contributed by atoms with Crippen molar-refractivity contribution in [2.75, 3.05) is 97.8 Å². The van der Waals surface area contributed by atoms with Gasteiger partial charge in [-0.25, -0.2) is 4.79 Å². The summed E-state index contributed by atoms with van der Waals surface area (Å²) in [6.07, 6.45) is 5.91. The number of alkyl halides is 3. The molecule has 0 saturated heterocycles. The second-order valence-electron chi connectivity index (χ2n) is 12.9. The third-order valence-corrected chi connectivity index (χ3v) is 8.43. The minimum Gasteiger partial charge on any atom is -0.491 e. The van der Waals surface area contributed by atoms with Crippen LogP contribution in [0.3, 0.4) is 0 Å². The number of nitrogens with one attached hydrogen (secondary N) is 1. The first-order valence-electron chi connectivity index (χ1n) is 19.8. The summed E-state index contributed by atoms with van der Waals surface area (Å²) in [6.45, 7) is 7.68. The molecule has 3 rings (SSSR count). The van der Waals surface area contributed by atoms with Gasteiger partial charge in [-0.2, -0.15) is 13.2 Å². The normalized spacial score (nSPS) is 11.5. The van der Waals surface area contributed by atoms with Gasteiger partial charge < -0.3 is 43.2 Å². The number of para-hydroxylation sites is 1. The molecule has 0 aromatic heterocycles. The maximum Gasteiger partial charge on any atom is 0.416 e. The van der Waals surface area contributed by atoms with E-state index in [-0.39, 0.29) is 24.5 Å². The average molecular weight is 792 g/mol. The lowest BCUT2D eigenvalue weighted by Gasteiger charge is -2.13. The van der Waals surface area contributed by atoms with Crippen LogP contribution in [0.25, 0.3) is 0 Å². The third kappa shape index (κ3) is 21.5. The first-order chi connectivity index (χ1) is 27.4. The Labute approximate surface area is 330 Å². The molecule has 0 atom stereocenters. The fourth-order valence-electron chi connectivity index (χ4n) is 5.43. The van der Waals surface area contributed by atoms with Crippen LogP contribution in [0.1, 0.15) is 73.4 Å². The highest BCUT2D eigenvalue weighted by atomic mass is 19.4. The van der Waals surface area contributed by atoms with Crippen molar-refractivity contribution in [2.45, 2.75) is 64.5 Å². The number of halogens is 3. The lowest BCUT2D eigenvalue weighted by atomic mass is 10.0. The van der Waals surface area contributed by atoms with Gasteiger partial charge in [0.1, 0.15) is 19.0 Å². The largest absolute Gasteiger partial charge is 0.491 e. The Morgan fingerprint density at radius 3 is 1.66 bits per heavy atom. The van der Waals surface area contributed by atoms with Crippen molar-refractivity contribution < 1.29 is 55.9 Å². The van der Waals surface area contributed by atoms with Crippen molar-refractivity contribution in [1.29, 1.82) is 0 Å². The number of hydrogen-bond acceptors (Lipinski definition) is 10. The number of ether oxygens (including phenoxy) is 8. The maximum atomic E-state index is 13.1. The number of hydrogen-bond donors (Lipinski definition) is 1. The number of benzene rings is 3. The molecule has 56 heavy (non-hydrogen) atoms. The van der Waals surface area contributed by atoms with Crippen LogP contribution in [-0.4, -0.2) is 98.5 Å². The van der Waals surface area contributed by atoms with Crippen LogP contribution in [0.15, 0.2) is 72.8 Å². The van der Waals surface area contributed by atoms with Gasteiger partial charge >= 0.3 is 12.1 Å². The minimum atomic E-state index is -4.48. The van der Waals surface area contributed by atoms with Crippen LogP contribution in [-0.2, 0) is 45.8 Å². The highest BCUT2D eigenvalue weighted by Gasteiger charge is 2.30. The van der Waals surface area contributed by atoms with Crippen LogP contribution in [0.5, 0.6) is 5.75 Å². The summed E-state index contributed by atoms with van der Waals surface area (Å²) >= 11 is 0. The van der Waals surface area contributed by atoms with E-state index in [1.165, 1.54) is 68.7 Å². The molecule has 1 N–H and O–H groups in total. The summed E-state index contributed by atoms with van der Waals surface area (Å²) in [5, 5.41) is 2.86. The Kier molecular flexibility index (Phi) is 24.6. The number of carbonyl (C=O) groups excluding carboxylic acids is 1. The van der Waals surface area contributed by atoms with Gasteiger partial charge in [0.25, 0.3) is 0 Å². The predicted molar refractivity (Wildman–Crippen MR) is 210 cm³/mol. The van der Waals surface area contributed by atoms with E-state index in [4.69, 9.17) is 37.9 Å². The van der Waals surface area contributed by atoms with Gasteiger partial charge in [-0.1, -0.05) is 75.8 Å². The molecule has 312 valence electrons. The van der Waals surface area contributed by atoms with E-state index < -0.39 is 17.7 Å². The van der Waals surface area contributed by atoms with Crippen molar-refractivity contribution in [3.63, 3.8) is 0 Å². The molecule has 3 aromatic carbocycles. The van der Waals surface area contributed by atoms with E-state index in [0.717, 1.165) is 24.3 Å². The molecule has 3 aromatic rings. The van der Waals surface area contributed by atoms with Crippen molar-refractivity contribution in [2.24, 2.45) is 0 Å². The topological polar surface area (TPSA) is 103 Å². The maximum absolute atomic E-state index is 13.1. The molecule has 0 heterocycles. The summed E-state index contributed by atoms with van der Waals surface area (Å²) in [4.78, 5) is 12.6. The molecule has 0 bridgehead atoms. The average Bonchev–Trinajstić information content (AvgIpc) is 3.20. The first-order valence-corrected chi connectivity index (χ1v) is 19.8. The van der Waals surface area contributed by atoms with Gasteiger partial charge in [0.15, 0.2) is 0 Å². The number of esters is 1. The molecule has 0 radical (unpaired) electrons. The van der Waals surface area contributed by atoms with Crippen LogP contribution in [0, 0.1) is 0 Å². The van der Waals surface area contributed by atoms with E-state index in [1.54, 1.807) is 18.2 Å². The molecular formula is C43H60F3NO9. The quantitative estimate of drug-likeness (QED) is 0.0475. The molecule has 0 saturated carbocycles. The van der Waals surface area contributed by atoms with Gasteiger partial charge in [-0.05, 0) is 60.9 Å². The number of rotatable bonds is 33. The molecule has 0 spiro atoms. The second kappa shape index (κ2) is 29.5. The Bertz CT molecular complexity index is 1440. The van der Waals surface area contributed by atoms with Crippen molar-refractivity contribution in [3.05, 3.63) is 89.5 Å². The molecule has 0 aliphatic carbocycles. The van der Waals surface area contributed by atoms with Crippen molar-refractivity contribution in [1.82, 2.24) is 0 Å².